The van der Waals surface area contributed by atoms with E-state index in [1.54, 1.807) is 0 Å². The molecule has 4 nitrogen and oxygen atoms in total. The normalized spacial score (nSPS) is 30.0. The number of oxime groups is 1. The number of carbonyl (C=O) groups is 1. The molecule has 0 bridgehead atoms. The lowest BCUT2D eigenvalue weighted by Gasteiger charge is -2.24. The smallest absolute Gasteiger partial charge is 0.346 e. The van der Waals surface area contributed by atoms with Crippen LogP contribution in [-0.2, 0) is 9.63 Å². The van der Waals surface area contributed by atoms with Gasteiger partial charge in [-0.2, -0.15) is 0 Å². The molecule has 1 fully saturated rings. The molecule has 2 N–H and O–H groups in total. The van der Waals surface area contributed by atoms with Crippen molar-refractivity contribution in [3.05, 3.63) is 0 Å². The van der Waals surface area contributed by atoms with E-state index in [-0.39, 0.29) is 11.9 Å². The maximum atomic E-state index is 11.3. The van der Waals surface area contributed by atoms with Crippen molar-refractivity contribution < 1.29 is 9.63 Å². The van der Waals surface area contributed by atoms with Crippen molar-refractivity contribution in [1.82, 2.24) is 0 Å². The van der Waals surface area contributed by atoms with Crippen molar-refractivity contribution in [2.75, 3.05) is 0 Å². The van der Waals surface area contributed by atoms with Gasteiger partial charge in [-0.15, -0.1) is 0 Å². The molecule has 0 radical (unpaired) electrons. The number of rotatable bonds is 1. The average molecular weight is 182 g/mol. The van der Waals surface area contributed by atoms with Gasteiger partial charge in [-0.1, -0.05) is 24.4 Å². The third-order valence-electron chi connectivity index (χ3n) is 2.93. The summed E-state index contributed by atoms with van der Waals surface area (Å²) in [6.45, 7) is 0. The Bertz CT molecular complexity index is 244. The first-order valence-electron chi connectivity index (χ1n) is 4.83. The fourth-order valence-electron chi connectivity index (χ4n) is 2.23. The van der Waals surface area contributed by atoms with Crippen molar-refractivity contribution >= 4 is 11.8 Å². The van der Waals surface area contributed by atoms with E-state index in [2.05, 4.69) is 9.99 Å². The molecule has 0 unspecified atom stereocenters. The minimum absolute atomic E-state index is 0.250. The Morgan fingerprint density at radius 3 is 2.54 bits per heavy atom. The second-order valence-electron chi connectivity index (χ2n) is 3.80. The molecule has 72 valence electrons. The van der Waals surface area contributed by atoms with Gasteiger partial charge in [0.2, 0.25) is 0 Å². The fourth-order valence-corrected chi connectivity index (χ4v) is 2.23. The molecule has 0 spiro atoms. The van der Waals surface area contributed by atoms with E-state index in [1.165, 1.54) is 19.3 Å². The summed E-state index contributed by atoms with van der Waals surface area (Å²) in [6.07, 6.45) is 5.82. The molecule has 0 saturated heterocycles. The molecule has 1 heterocycles. The molecular formula is C9H14N2O2. The lowest BCUT2D eigenvalue weighted by Crippen LogP contribution is -2.33. The standard InChI is InChI=1S/C9H14N2O2/c10-8-7(9(12)13-11-8)6-4-2-1-3-5-6/h6-7H,1-5H2,(H2,10,11)/t7-/m0/s1. The summed E-state index contributed by atoms with van der Waals surface area (Å²) in [4.78, 5) is 15.8. The van der Waals surface area contributed by atoms with Crippen molar-refractivity contribution in [3.63, 3.8) is 0 Å². The van der Waals surface area contributed by atoms with E-state index >= 15 is 0 Å². The third-order valence-corrected chi connectivity index (χ3v) is 2.93. The zero-order valence-corrected chi connectivity index (χ0v) is 7.53. The lowest BCUT2D eigenvalue weighted by atomic mass is 9.80. The van der Waals surface area contributed by atoms with Gasteiger partial charge in [0, 0.05) is 0 Å². The van der Waals surface area contributed by atoms with Crippen LogP contribution in [0, 0.1) is 11.8 Å². The Hall–Kier alpha value is -1.06. The van der Waals surface area contributed by atoms with Gasteiger partial charge in [0.1, 0.15) is 5.92 Å². The molecule has 2 rings (SSSR count). The quantitative estimate of drug-likeness (QED) is 0.615. The van der Waals surface area contributed by atoms with Crippen LogP contribution in [0.3, 0.4) is 0 Å². The van der Waals surface area contributed by atoms with Crippen molar-refractivity contribution in [2.24, 2.45) is 22.7 Å². The molecule has 0 aromatic heterocycles. The van der Waals surface area contributed by atoms with E-state index in [4.69, 9.17) is 5.73 Å². The number of nitrogens with zero attached hydrogens (tertiary/aromatic N) is 1. The Balaban J connectivity index is 2.05. The van der Waals surface area contributed by atoms with Gasteiger partial charge < -0.3 is 10.6 Å². The fraction of sp³-hybridized carbons (Fsp3) is 0.778. The van der Waals surface area contributed by atoms with Gasteiger partial charge in [0.05, 0.1) is 0 Å². The molecule has 0 aromatic carbocycles. The summed E-state index contributed by atoms with van der Waals surface area (Å²) in [5.74, 6) is 0.231. The molecule has 1 aliphatic carbocycles. The van der Waals surface area contributed by atoms with Crippen LogP contribution in [0.4, 0.5) is 0 Å². The van der Waals surface area contributed by atoms with Gasteiger partial charge in [0.25, 0.3) is 0 Å². The minimum Gasteiger partial charge on any atom is -0.384 e. The Morgan fingerprint density at radius 1 is 1.31 bits per heavy atom. The summed E-state index contributed by atoms with van der Waals surface area (Å²) in [6, 6.07) is 0. The number of amidine groups is 1. The van der Waals surface area contributed by atoms with Gasteiger partial charge in [0.15, 0.2) is 5.84 Å². The van der Waals surface area contributed by atoms with E-state index in [9.17, 15) is 4.79 Å². The summed E-state index contributed by atoms with van der Waals surface area (Å²) in [7, 11) is 0. The van der Waals surface area contributed by atoms with Gasteiger partial charge in [-0.3, -0.25) is 0 Å². The minimum atomic E-state index is -0.260. The molecular weight excluding hydrogens is 168 g/mol. The van der Waals surface area contributed by atoms with Gasteiger partial charge in [-0.05, 0) is 18.8 Å². The summed E-state index contributed by atoms with van der Waals surface area (Å²) >= 11 is 0. The second kappa shape index (κ2) is 3.36. The molecule has 0 aromatic rings. The summed E-state index contributed by atoms with van der Waals surface area (Å²) in [5.41, 5.74) is 5.60. The summed E-state index contributed by atoms with van der Waals surface area (Å²) < 4.78 is 0. The van der Waals surface area contributed by atoms with E-state index in [0.717, 1.165) is 12.8 Å². The molecule has 1 saturated carbocycles. The Labute approximate surface area is 77.1 Å². The largest absolute Gasteiger partial charge is 0.384 e. The number of hydrogen-bond donors (Lipinski definition) is 1. The van der Waals surface area contributed by atoms with Crippen molar-refractivity contribution in [2.45, 2.75) is 32.1 Å². The lowest BCUT2D eigenvalue weighted by molar-refractivity contribution is -0.145. The SMILES string of the molecule is NC1=NOC(=O)[C@H]1C1CCCCC1. The van der Waals surface area contributed by atoms with Crippen molar-refractivity contribution in [1.29, 1.82) is 0 Å². The molecule has 2 aliphatic rings. The summed E-state index contributed by atoms with van der Waals surface area (Å²) in [5, 5.41) is 3.52. The zero-order chi connectivity index (χ0) is 9.26. The van der Waals surface area contributed by atoms with Crippen molar-refractivity contribution in [3.8, 4) is 0 Å². The third kappa shape index (κ3) is 1.53. The molecule has 1 aliphatic heterocycles. The first kappa shape index (κ1) is 8.53. The van der Waals surface area contributed by atoms with Crippen LogP contribution in [-0.4, -0.2) is 11.8 Å². The highest BCUT2D eigenvalue weighted by Gasteiger charge is 2.38. The highest BCUT2D eigenvalue weighted by atomic mass is 16.7. The van der Waals surface area contributed by atoms with Crippen LogP contribution in [0.2, 0.25) is 0 Å². The number of carbonyl (C=O) groups excluding carboxylic acids is 1. The highest BCUT2D eigenvalue weighted by molar-refractivity contribution is 6.03. The van der Waals surface area contributed by atoms with E-state index in [1.807, 2.05) is 0 Å². The topological polar surface area (TPSA) is 64.7 Å². The molecule has 13 heavy (non-hydrogen) atoms. The first-order valence-corrected chi connectivity index (χ1v) is 4.83. The maximum absolute atomic E-state index is 11.3. The van der Waals surface area contributed by atoms with Crippen LogP contribution >= 0.6 is 0 Å². The van der Waals surface area contributed by atoms with Crippen LogP contribution in [0.5, 0.6) is 0 Å². The van der Waals surface area contributed by atoms with Gasteiger partial charge in [-0.25, -0.2) is 4.79 Å². The molecule has 0 amide bonds. The zero-order valence-electron chi connectivity index (χ0n) is 7.53. The predicted molar refractivity (Wildman–Crippen MR) is 47.8 cm³/mol. The maximum Gasteiger partial charge on any atom is 0.346 e. The average Bonchev–Trinajstić information content (AvgIpc) is 2.48. The van der Waals surface area contributed by atoms with Crippen LogP contribution in [0.15, 0.2) is 5.16 Å². The van der Waals surface area contributed by atoms with Crippen LogP contribution < -0.4 is 5.73 Å². The monoisotopic (exact) mass is 182 g/mol. The number of hydrogen-bond acceptors (Lipinski definition) is 4. The van der Waals surface area contributed by atoms with Gasteiger partial charge >= 0.3 is 5.97 Å². The molecule has 1 atom stereocenters. The van der Waals surface area contributed by atoms with Crippen LogP contribution in [0.25, 0.3) is 0 Å². The van der Waals surface area contributed by atoms with Crippen LogP contribution in [0.1, 0.15) is 32.1 Å². The second-order valence-corrected chi connectivity index (χ2v) is 3.80. The molecule has 4 heteroatoms. The van der Waals surface area contributed by atoms with E-state index in [0.29, 0.717) is 11.8 Å². The predicted octanol–water partition coefficient (Wildman–Crippen LogP) is 1.01. The Morgan fingerprint density at radius 2 is 2.00 bits per heavy atom. The Kier molecular flexibility index (Phi) is 2.20. The number of nitrogens with two attached hydrogens (primary N) is 1. The van der Waals surface area contributed by atoms with E-state index < -0.39 is 0 Å². The first-order chi connectivity index (χ1) is 6.29. The highest BCUT2D eigenvalue weighted by Crippen LogP contribution is 2.32.